The van der Waals surface area contributed by atoms with Crippen LogP contribution in [-0.2, 0) is 34.2 Å². The molecular weight excluding hydrogens is 444 g/mol. The predicted octanol–water partition coefficient (Wildman–Crippen LogP) is 1.08. The van der Waals surface area contributed by atoms with Crippen molar-refractivity contribution in [3.63, 3.8) is 0 Å². The third-order valence-electron chi connectivity index (χ3n) is 3.13. The van der Waals surface area contributed by atoms with E-state index in [9.17, 15) is 31.2 Å². The molecule has 1 aromatic rings. The van der Waals surface area contributed by atoms with Crippen LogP contribution in [0, 0.1) is 0 Å². The van der Waals surface area contributed by atoms with Crippen LogP contribution < -0.4 is 0 Å². The third kappa shape index (κ3) is 6.59. The number of amides is 2. The molecule has 0 saturated heterocycles. The molecule has 0 spiro atoms. The SMILES string of the molecule is CN(CC(=O)O)C(=O)ON(C(=O)OC(C)(C)C)S(=O)(=O)c1ccccc1S(C)(=O)=O. The van der Waals surface area contributed by atoms with Crippen molar-refractivity contribution >= 4 is 38.0 Å². The minimum absolute atomic E-state index is 0.414. The first-order chi connectivity index (χ1) is 13.5. The molecule has 0 unspecified atom stereocenters. The van der Waals surface area contributed by atoms with Gasteiger partial charge in [0.05, 0.1) is 4.90 Å². The smallest absolute Gasteiger partial charge is 0.459 e. The highest BCUT2D eigenvalue weighted by Gasteiger charge is 2.40. The Kier molecular flexibility index (Phi) is 7.44. The number of sulfone groups is 1. The molecule has 0 aliphatic rings. The van der Waals surface area contributed by atoms with Crippen molar-refractivity contribution in [1.29, 1.82) is 0 Å². The van der Waals surface area contributed by atoms with Gasteiger partial charge in [-0.05, 0) is 37.4 Å². The number of nitrogens with zero attached hydrogens (tertiary/aromatic N) is 2. The lowest BCUT2D eigenvalue weighted by Crippen LogP contribution is -2.45. The molecule has 2 amide bonds. The molecule has 0 atom stereocenters. The summed E-state index contributed by atoms with van der Waals surface area (Å²) in [4.78, 5) is 39.0. The normalized spacial score (nSPS) is 12.0. The Morgan fingerprint density at radius 2 is 1.50 bits per heavy atom. The van der Waals surface area contributed by atoms with Crippen LogP contribution in [0.25, 0.3) is 0 Å². The number of hydrogen-bond acceptors (Lipinski definition) is 9. The van der Waals surface area contributed by atoms with Crippen molar-refractivity contribution in [2.75, 3.05) is 19.8 Å². The largest absolute Gasteiger partial charge is 0.480 e. The second-order valence-electron chi connectivity index (χ2n) is 7.04. The second-order valence-corrected chi connectivity index (χ2v) is 10.7. The fraction of sp³-hybridized carbons (Fsp3) is 0.438. The van der Waals surface area contributed by atoms with Crippen LogP contribution >= 0.6 is 0 Å². The number of carboxylic acid groups (broad SMARTS) is 1. The minimum Gasteiger partial charge on any atom is -0.480 e. The first-order valence-electron chi connectivity index (χ1n) is 8.19. The monoisotopic (exact) mass is 466 g/mol. The Balaban J connectivity index is 3.53. The number of ether oxygens (including phenoxy) is 1. The number of carbonyl (C=O) groups is 3. The molecule has 0 aliphatic heterocycles. The van der Waals surface area contributed by atoms with Gasteiger partial charge >= 0.3 is 28.2 Å². The molecule has 30 heavy (non-hydrogen) atoms. The molecule has 1 rings (SSSR count). The fourth-order valence-electron chi connectivity index (χ4n) is 1.95. The van der Waals surface area contributed by atoms with Gasteiger partial charge in [-0.25, -0.2) is 18.0 Å². The lowest BCUT2D eigenvalue weighted by Gasteiger charge is -2.27. The zero-order valence-corrected chi connectivity index (χ0v) is 18.5. The number of likely N-dealkylation sites (N-methyl/N-ethyl adjacent to an activating group) is 1. The van der Waals surface area contributed by atoms with Crippen LogP contribution in [-0.4, -0.2) is 74.9 Å². The molecule has 0 aliphatic carbocycles. The van der Waals surface area contributed by atoms with Crippen LogP contribution in [0.3, 0.4) is 0 Å². The number of hydrogen-bond donors (Lipinski definition) is 1. The summed E-state index contributed by atoms with van der Waals surface area (Å²) in [6.45, 7) is 3.39. The van der Waals surface area contributed by atoms with Crippen LogP contribution in [0.4, 0.5) is 9.59 Å². The van der Waals surface area contributed by atoms with E-state index in [1.807, 2.05) is 0 Å². The molecule has 14 heteroatoms. The first kappa shape index (κ1) is 25.2. The number of rotatable bonds is 5. The maximum atomic E-state index is 13.1. The Morgan fingerprint density at radius 1 is 1.00 bits per heavy atom. The van der Waals surface area contributed by atoms with E-state index in [0.717, 1.165) is 25.4 Å². The van der Waals surface area contributed by atoms with Crippen LogP contribution in [0.2, 0.25) is 0 Å². The minimum atomic E-state index is -5.08. The molecule has 0 bridgehead atoms. The van der Waals surface area contributed by atoms with Crippen molar-refractivity contribution in [1.82, 2.24) is 9.37 Å². The van der Waals surface area contributed by atoms with Gasteiger partial charge in [0.2, 0.25) is 0 Å². The highest BCUT2D eigenvalue weighted by atomic mass is 32.2. The van der Waals surface area contributed by atoms with Gasteiger partial charge in [-0.1, -0.05) is 12.1 Å². The van der Waals surface area contributed by atoms with E-state index >= 15 is 0 Å². The number of benzene rings is 1. The molecular formula is C16H22N2O10S2. The van der Waals surface area contributed by atoms with Gasteiger partial charge in [0.1, 0.15) is 17.0 Å². The summed E-state index contributed by atoms with van der Waals surface area (Å²) in [5.41, 5.74) is -1.21. The fourth-order valence-corrected chi connectivity index (χ4v) is 4.63. The number of carboxylic acids is 1. The third-order valence-corrected chi connectivity index (χ3v) is 5.99. The molecule has 0 saturated carbocycles. The van der Waals surface area contributed by atoms with Gasteiger partial charge in [-0.2, -0.15) is 8.42 Å². The molecule has 1 N–H and O–H groups in total. The number of aliphatic carboxylic acids is 1. The van der Waals surface area contributed by atoms with Gasteiger partial charge in [-0.15, -0.1) is 0 Å². The van der Waals surface area contributed by atoms with Crippen molar-refractivity contribution in [3.8, 4) is 0 Å². The summed E-state index contributed by atoms with van der Waals surface area (Å²) in [5.74, 6) is -1.43. The summed E-state index contributed by atoms with van der Waals surface area (Å²) >= 11 is 0. The highest BCUT2D eigenvalue weighted by molar-refractivity contribution is 7.93. The number of hydroxylamine groups is 1. The molecule has 0 aromatic heterocycles. The maximum absolute atomic E-state index is 13.1. The zero-order chi connectivity index (χ0) is 23.5. The van der Waals surface area contributed by atoms with E-state index in [-0.39, 0.29) is 0 Å². The van der Waals surface area contributed by atoms with Crippen molar-refractivity contribution < 1.29 is 45.9 Å². The van der Waals surface area contributed by atoms with E-state index in [2.05, 4.69) is 4.84 Å². The standard InChI is InChI=1S/C16H22N2O10S2/c1-16(2,3)27-15(22)18(28-14(21)17(4)10-13(19)20)30(25,26)12-9-7-6-8-11(12)29(5,23)24/h6-9H,10H2,1-5H3,(H,19,20). The predicted molar refractivity (Wildman–Crippen MR) is 102 cm³/mol. The van der Waals surface area contributed by atoms with Gasteiger partial charge in [-0.3, -0.25) is 14.5 Å². The first-order valence-corrected chi connectivity index (χ1v) is 11.5. The van der Waals surface area contributed by atoms with Crippen LogP contribution in [0.1, 0.15) is 20.8 Å². The lowest BCUT2D eigenvalue weighted by atomic mass is 10.2. The second kappa shape index (κ2) is 8.87. The summed E-state index contributed by atoms with van der Waals surface area (Å²) in [7, 11) is -8.15. The van der Waals surface area contributed by atoms with E-state index in [1.54, 1.807) is 0 Å². The van der Waals surface area contributed by atoms with Crippen molar-refractivity contribution in [2.24, 2.45) is 0 Å². The topological polar surface area (TPSA) is 165 Å². The van der Waals surface area contributed by atoms with Crippen molar-refractivity contribution in [2.45, 2.75) is 36.2 Å². The van der Waals surface area contributed by atoms with Gasteiger partial charge in [0, 0.05) is 13.3 Å². The summed E-state index contributed by atoms with van der Waals surface area (Å²) in [6.07, 6.45) is -2.39. The van der Waals surface area contributed by atoms with Gasteiger partial charge < -0.3 is 9.84 Å². The Morgan fingerprint density at radius 3 is 1.93 bits per heavy atom. The average Bonchev–Trinajstić information content (AvgIpc) is 2.56. The Hall–Kier alpha value is -2.87. The van der Waals surface area contributed by atoms with Gasteiger partial charge in [0.25, 0.3) is 0 Å². The average molecular weight is 466 g/mol. The van der Waals surface area contributed by atoms with Crippen molar-refractivity contribution in [3.05, 3.63) is 24.3 Å². The van der Waals surface area contributed by atoms with E-state index in [0.29, 0.717) is 4.90 Å². The maximum Gasteiger partial charge on any atom is 0.459 e. The molecule has 1 aromatic carbocycles. The number of carbonyl (C=O) groups excluding carboxylic acids is 2. The van der Waals surface area contributed by atoms with E-state index in [4.69, 9.17) is 9.84 Å². The van der Waals surface area contributed by atoms with Gasteiger partial charge in [0.15, 0.2) is 9.84 Å². The highest BCUT2D eigenvalue weighted by Crippen LogP contribution is 2.26. The van der Waals surface area contributed by atoms with E-state index < -0.39 is 64.4 Å². The number of sulfonamides is 1. The molecule has 168 valence electrons. The molecule has 12 nitrogen and oxygen atoms in total. The van der Waals surface area contributed by atoms with E-state index in [1.165, 1.54) is 32.9 Å². The zero-order valence-electron chi connectivity index (χ0n) is 16.8. The summed E-state index contributed by atoms with van der Waals surface area (Å²) < 4.78 is 54.6. The molecule has 0 heterocycles. The quantitative estimate of drug-likeness (QED) is 0.621. The Bertz CT molecular complexity index is 1040. The summed E-state index contributed by atoms with van der Waals surface area (Å²) in [5, 5.41) is 8.75. The van der Waals surface area contributed by atoms with Crippen LogP contribution in [0.15, 0.2) is 34.1 Å². The molecule has 0 fully saturated rings. The van der Waals surface area contributed by atoms with Crippen LogP contribution in [0.5, 0.6) is 0 Å². The lowest BCUT2D eigenvalue weighted by molar-refractivity contribution is -0.138. The Labute approximate surface area is 173 Å². The summed E-state index contributed by atoms with van der Waals surface area (Å²) in [6, 6.07) is 4.36. The molecule has 0 radical (unpaired) electrons.